The first-order chi connectivity index (χ1) is 19.0. The summed E-state index contributed by atoms with van der Waals surface area (Å²) in [6, 6.07) is 13.0. The number of benzene rings is 3. The summed E-state index contributed by atoms with van der Waals surface area (Å²) >= 11 is 0. The predicted octanol–water partition coefficient (Wildman–Crippen LogP) is 4.74. The van der Waals surface area contributed by atoms with Crippen LogP contribution in [0.2, 0.25) is 0 Å². The third-order valence-corrected chi connectivity index (χ3v) is 6.83. The number of fused-ring (bicyclic) bond motifs is 3. The Kier molecular flexibility index (Phi) is 7.51. The highest BCUT2D eigenvalue weighted by atomic mass is 16.5. The highest BCUT2D eigenvalue weighted by Crippen LogP contribution is 2.43. The molecule has 2 aliphatic heterocycles. The van der Waals surface area contributed by atoms with Crippen molar-refractivity contribution in [2.24, 2.45) is 0 Å². The Hall–Kier alpha value is -4.37. The van der Waals surface area contributed by atoms with Gasteiger partial charge < -0.3 is 33.2 Å². The molecule has 9 heteroatoms. The van der Waals surface area contributed by atoms with Gasteiger partial charge in [-0.15, -0.1) is 0 Å². The lowest BCUT2D eigenvalue weighted by atomic mass is 10.0. The van der Waals surface area contributed by atoms with Gasteiger partial charge in [0, 0.05) is 13.1 Å². The van der Waals surface area contributed by atoms with E-state index in [1.807, 2.05) is 24.3 Å². The minimum Gasteiger partial charge on any atom is -0.493 e. The van der Waals surface area contributed by atoms with Gasteiger partial charge in [-0.05, 0) is 60.0 Å². The fraction of sp³-hybridized carbons (Fsp3) is 0.300. The SMILES string of the molecule is COc1ccc(CCN2COc3ccc4c(c3C2)O/C(=C\c2cc(OC)c(OC)c(OC)c2)C4=O)cc1OC. The highest BCUT2D eigenvalue weighted by molar-refractivity contribution is 6.15. The summed E-state index contributed by atoms with van der Waals surface area (Å²) in [5.74, 6) is 4.13. The molecule has 0 saturated carbocycles. The first-order valence-corrected chi connectivity index (χ1v) is 12.5. The topological polar surface area (TPSA) is 84.9 Å². The van der Waals surface area contributed by atoms with Crippen molar-refractivity contribution in [1.82, 2.24) is 4.90 Å². The van der Waals surface area contributed by atoms with Crippen molar-refractivity contribution >= 4 is 11.9 Å². The first-order valence-electron chi connectivity index (χ1n) is 12.5. The zero-order valence-corrected chi connectivity index (χ0v) is 22.7. The number of carbonyl (C=O) groups excluding carboxylic acids is 1. The minimum atomic E-state index is -0.191. The molecule has 0 N–H and O–H groups in total. The predicted molar refractivity (Wildman–Crippen MR) is 145 cm³/mol. The Morgan fingerprint density at radius 3 is 2.23 bits per heavy atom. The number of carbonyl (C=O) groups is 1. The summed E-state index contributed by atoms with van der Waals surface area (Å²) in [4.78, 5) is 15.4. The fourth-order valence-corrected chi connectivity index (χ4v) is 4.81. The van der Waals surface area contributed by atoms with E-state index in [9.17, 15) is 4.79 Å². The monoisotopic (exact) mass is 533 g/mol. The van der Waals surface area contributed by atoms with Crippen LogP contribution in [0.5, 0.6) is 40.2 Å². The standard InChI is InChI=1S/C30H31NO8/c1-33-23-8-6-18(12-24(23)34-2)10-11-31-16-21-22(38-17-31)9-7-20-28(32)25(39-29(20)21)13-19-14-26(35-3)30(37-5)27(15-19)36-4/h6-9,12-15H,10-11,16-17H2,1-5H3/b25-13-. The second-order valence-electron chi connectivity index (χ2n) is 9.08. The molecule has 3 aromatic rings. The summed E-state index contributed by atoms with van der Waals surface area (Å²) in [5.41, 5.74) is 3.17. The Morgan fingerprint density at radius 1 is 0.846 bits per heavy atom. The third kappa shape index (κ3) is 5.05. The summed E-state index contributed by atoms with van der Waals surface area (Å²) in [7, 11) is 7.88. The van der Waals surface area contributed by atoms with Gasteiger partial charge in [0.05, 0.1) is 46.7 Å². The molecule has 0 aliphatic carbocycles. The van der Waals surface area contributed by atoms with Crippen LogP contribution >= 0.6 is 0 Å². The maximum Gasteiger partial charge on any atom is 0.231 e. The number of ketones is 1. The molecule has 0 fully saturated rings. The van der Waals surface area contributed by atoms with Crippen molar-refractivity contribution in [3.05, 3.63) is 70.5 Å². The molecule has 2 heterocycles. The quantitative estimate of drug-likeness (QED) is 0.362. The lowest BCUT2D eigenvalue weighted by molar-refractivity contribution is 0.0949. The van der Waals surface area contributed by atoms with Gasteiger partial charge in [-0.25, -0.2) is 0 Å². The molecule has 0 spiro atoms. The van der Waals surface area contributed by atoms with Crippen LogP contribution in [0.4, 0.5) is 0 Å². The lowest BCUT2D eigenvalue weighted by Gasteiger charge is -2.29. The molecule has 0 aromatic heterocycles. The van der Waals surface area contributed by atoms with Crippen molar-refractivity contribution < 1.29 is 38.0 Å². The van der Waals surface area contributed by atoms with E-state index < -0.39 is 0 Å². The average Bonchev–Trinajstić information content (AvgIpc) is 3.30. The van der Waals surface area contributed by atoms with E-state index in [1.54, 1.807) is 59.8 Å². The average molecular weight is 534 g/mol. The second kappa shape index (κ2) is 11.2. The zero-order valence-electron chi connectivity index (χ0n) is 22.7. The molecule has 5 rings (SSSR count). The van der Waals surface area contributed by atoms with E-state index >= 15 is 0 Å². The number of rotatable bonds is 9. The molecule has 0 saturated heterocycles. The number of methoxy groups -OCH3 is 5. The number of Topliss-reactive ketones (excluding diaryl/α,β-unsaturated/α-hetero) is 1. The van der Waals surface area contributed by atoms with Crippen molar-refractivity contribution in [3.8, 4) is 40.2 Å². The Morgan fingerprint density at radius 2 is 1.56 bits per heavy atom. The molecular weight excluding hydrogens is 502 g/mol. The molecule has 2 aliphatic rings. The van der Waals surface area contributed by atoms with Crippen LogP contribution in [0.15, 0.2) is 48.2 Å². The van der Waals surface area contributed by atoms with Gasteiger partial charge in [0.25, 0.3) is 0 Å². The smallest absolute Gasteiger partial charge is 0.231 e. The maximum atomic E-state index is 13.3. The molecule has 0 amide bonds. The molecule has 204 valence electrons. The maximum absolute atomic E-state index is 13.3. The molecular formula is C30H31NO8. The summed E-state index contributed by atoms with van der Waals surface area (Å²) in [5, 5.41) is 0. The second-order valence-corrected chi connectivity index (χ2v) is 9.08. The van der Waals surface area contributed by atoms with E-state index in [-0.39, 0.29) is 11.5 Å². The molecule has 0 bridgehead atoms. The number of allylic oxidation sites excluding steroid dienone is 1. The number of nitrogens with zero attached hydrogens (tertiary/aromatic N) is 1. The molecule has 0 radical (unpaired) electrons. The Labute approximate surface area is 227 Å². The summed E-state index contributed by atoms with van der Waals surface area (Å²) < 4.78 is 39.2. The normalized spacial score (nSPS) is 15.2. The van der Waals surface area contributed by atoms with Crippen molar-refractivity contribution in [1.29, 1.82) is 0 Å². The zero-order chi connectivity index (χ0) is 27.5. The fourth-order valence-electron chi connectivity index (χ4n) is 4.81. The number of ether oxygens (including phenoxy) is 7. The van der Waals surface area contributed by atoms with Gasteiger partial charge in [-0.3, -0.25) is 9.69 Å². The van der Waals surface area contributed by atoms with Gasteiger partial charge in [0.2, 0.25) is 11.5 Å². The molecule has 3 aromatic carbocycles. The van der Waals surface area contributed by atoms with Crippen LogP contribution in [0.1, 0.15) is 27.0 Å². The largest absolute Gasteiger partial charge is 0.493 e. The highest BCUT2D eigenvalue weighted by Gasteiger charge is 2.33. The van der Waals surface area contributed by atoms with Crippen LogP contribution < -0.4 is 33.2 Å². The van der Waals surface area contributed by atoms with Crippen LogP contribution in [0.3, 0.4) is 0 Å². The van der Waals surface area contributed by atoms with Gasteiger partial charge >= 0.3 is 0 Å². The summed E-state index contributed by atoms with van der Waals surface area (Å²) in [6.07, 6.45) is 2.47. The van der Waals surface area contributed by atoms with Crippen LogP contribution in [0, 0.1) is 0 Å². The molecule has 9 nitrogen and oxygen atoms in total. The van der Waals surface area contributed by atoms with Crippen molar-refractivity contribution in [2.75, 3.05) is 48.8 Å². The van der Waals surface area contributed by atoms with E-state index in [0.717, 1.165) is 29.8 Å². The van der Waals surface area contributed by atoms with E-state index in [1.165, 1.54) is 0 Å². The van der Waals surface area contributed by atoms with E-state index in [0.29, 0.717) is 58.9 Å². The van der Waals surface area contributed by atoms with Crippen molar-refractivity contribution in [3.63, 3.8) is 0 Å². The number of hydrogen-bond donors (Lipinski definition) is 0. The van der Waals surface area contributed by atoms with Crippen molar-refractivity contribution in [2.45, 2.75) is 13.0 Å². The van der Waals surface area contributed by atoms with Gasteiger partial charge in [0.15, 0.2) is 28.8 Å². The molecule has 0 atom stereocenters. The van der Waals surface area contributed by atoms with Gasteiger partial charge in [-0.2, -0.15) is 0 Å². The van der Waals surface area contributed by atoms with Crippen LogP contribution in [0.25, 0.3) is 6.08 Å². The summed E-state index contributed by atoms with van der Waals surface area (Å²) in [6.45, 7) is 1.79. The van der Waals surface area contributed by atoms with E-state index in [2.05, 4.69) is 4.90 Å². The van der Waals surface area contributed by atoms with Gasteiger partial charge in [-0.1, -0.05) is 6.07 Å². The minimum absolute atomic E-state index is 0.191. The molecule has 39 heavy (non-hydrogen) atoms. The first kappa shape index (κ1) is 26.2. The molecule has 0 unspecified atom stereocenters. The third-order valence-electron chi connectivity index (χ3n) is 6.83. The van der Waals surface area contributed by atoms with Gasteiger partial charge in [0.1, 0.15) is 18.2 Å². The Bertz CT molecular complexity index is 1410. The Balaban J connectivity index is 1.36. The van der Waals surface area contributed by atoms with Crippen LogP contribution in [-0.2, 0) is 13.0 Å². The van der Waals surface area contributed by atoms with Crippen LogP contribution in [-0.4, -0.2) is 59.5 Å². The lowest BCUT2D eigenvalue weighted by Crippen LogP contribution is -2.33. The van der Waals surface area contributed by atoms with E-state index in [4.69, 9.17) is 33.2 Å². The number of hydrogen-bond acceptors (Lipinski definition) is 9.